The molecule has 0 aliphatic carbocycles. The van der Waals surface area contributed by atoms with E-state index >= 15 is 0 Å². The fourth-order valence-corrected chi connectivity index (χ4v) is 1.10. The number of carbonyl (C=O) groups is 1. The number of nitrogens with one attached hydrogen (secondary N) is 1. The number of imidazole rings is 1. The number of nitrogens with zero attached hydrogens (tertiary/aromatic N) is 1. The normalized spacial score (nSPS) is 10.0. The number of hydrogen-bond acceptors (Lipinski definition) is 3. The first kappa shape index (κ1) is 9.77. The van der Waals surface area contributed by atoms with Crippen LogP contribution in [-0.4, -0.2) is 22.9 Å². The van der Waals surface area contributed by atoms with Gasteiger partial charge in [-0.3, -0.25) is 4.79 Å². The first-order valence-electron chi connectivity index (χ1n) is 4.48. The molecule has 0 radical (unpaired) electrons. The summed E-state index contributed by atoms with van der Waals surface area (Å²) >= 11 is 0. The highest BCUT2D eigenvalue weighted by Crippen LogP contribution is 2.13. The van der Waals surface area contributed by atoms with E-state index in [1.807, 2.05) is 6.92 Å². The van der Waals surface area contributed by atoms with Gasteiger partial charge < -0.3 is 9.72 Å². The van der Waals surface area contributed by atoms with Gasteiger partial charge >= 0.3 is 0 Å². The van der Waals surface area contributed by atoms with Crippen molar-refractivity contribution in [3.8, 4) is 5.88 Å². The molecule has 0 spiro atoms. The van der Waals surface area contributed by atoms with Gasteiger partial charge in [0.2, 0.25) is 5.88 Å². The lowest BCUT2D eigenvalue weighted by Gasteiger charge is -1.96. The highest BCUT2D eigenvalue weighted by molar-refractivity contribution is 5.75. The maximum atomic E-state index is 10.6. The van der Waals surface area contributed by atoms with Gasteiger partial charge in [-0.1, -0.05) is 6.92 Å². The molecule has 1 aromatic rings. The fourth-order valence-electron chi connectivity index (χ4n) is 1.10. The Bertz CT molecular complexity index is 281. The van der Waals surface area contributed by atoms with Gasteiger partial charge in [0.05, 0.1) is 6.61 Å². The summed E-state index contributed by atoms with van der Waals surface area (Å²) in [5, 5.41) is 0. The van der Waals surface area contributed by atoms with Crippen molar-refractivity contribution in [2.75, 3.05) is 6.61 Å². The summed E-state index contributed by atoms with van der Waals surface area (Å²) in [6, 6.07) is 0. The van der Waals surface area contributed by atoms with Gasteiger partial charge in [0.15, 0.2) is 6.29 Å². The van der Waals surface area contributed by atoms with Crippen LogP contribution in [0.3, 0.4) is 0 Å². The van der Waals surface area contributed by atoms with E-state index in [0.29, 0.717) is 18.2 Å². The van der Waals surface area contributed by atoms with Crippen molar-refractivity contribution in [3.63, 3.8) is 0 Å². The van der Waals surface area contributed by atoms with Crippen molar-refractivity contribution in [3.05, 3.63) is 11.5 Å². The molecule has 13 heavy (non-hydrogen) atoms. The van der Waals surface area contributed by atoms with Gasteiger partial charge in [0.25, 0.3) is 0 Å². The molecule has 1 aromatic heterocycles. The van der Waals surface area contributed by atoms with Crippen LogP contribution in [-0.2, 0) is 6.42 Å². The quantitative estimate of drug-likeness (QED) is 0.703. The molecule has 0 aromatic carbocycles. The second kappa shape index (κ2) is 4.64. The van der Waals surface area contributed by atoms with Crippen molar-refractivity contribution in [1.29, 1.82) is 0 Å². The molecule has 4 nitrogen and oxygen atoms in total. The zero-order valence-electron chi connectivity index (χ0n) is 7.96. The zero-order valence-corrected chi connectivity index (χ0v) is 7.96. The molecule has 0 saturated carbocycles. The largest absolute Gasteiger partial charge is 0.476 e. The Labute approximate surface area is 77.3 Å². The lowest BCUT2D eigenvalue weighted by atomic mass is 10.3. The van der Waals surface area contributed by atoms with Crippen LogP contribution < -0.4 is 4.74 Å². The Morgan fingerprint density at radius 1 is 1.54 bits per heavy atom. The van der Waals surface area contributed by atoms with E-state index in [1.54, 1.807) is 0 Å². The minimum atomic E-state index is 0.418. The maximum absolute atomic E-state index is 10.6. The summed E-state index contributed by atoms with van der Waals surface area (Å²) in [6.45, 7) is 4.45. The summed E-state index contributed by atoms with van der Waals surface area (Å²) in [4.78, 5) is 17.6. The SMILES string of the molecule is CCCc1nc(OCC)c(C=O)[nH]1. The number of hydrogen-bond donors (Lipinski definition) is 1. The standard InChI is InChI=1S/C9H14N2O2/c1-3-5-8-10-7(6-12)9(11-8)13-4-2/h6H,3-5H2,1-2H3,(H,10,11). The molecule has 0 bridgehead atoms. The monoisotopic (exact) mass is 182 g/mol. The molecule has 0 amide bonds. The summed E-state index contributed by atoms with van der Waals surface area (Å²) < 4.78 is 5.18. The third-order valence-corrected chi connectivity index (χ3v) is 1.63. The molecule has 0 fully saturated rings. The molecule has 0 atom stereocenters. The average Bonchev–Trinajstić information content (AvgIpc) is 2.49. The van der Waals surface area contributed by atoms with Gasteiger partial charge in [-0.05, 0) is 13.3 Å². The van der Waals surface area contributed by atoms with Crippen molar-refractivity contribution < 1.29 is 9.53 Å². The highest BCUT2D eigenvalue weighted by atomic mass is 16.5. The van der Waals surface area contributed by atoms with Crippen molar-refractivity contribution in [2.24, 2.45) is 0 Å². The summed E-state index contributed by atoms with van der Waals surface area (Å²) in [7, 11) is 0. The van der Waals surface area contributed by atoms with Crippen LogP contribution in [0, 0.1) is 0 Å². The molecule has 0 saturated heterocycles. The van der Waals surface area contributed by atoms with Crippen LogP contribution in [0.5, 0.6) is 5.88 Å². The van der Waals surface area contributed by atoms with E-state index < -0.39 is 0 Å². The van der Waals surface area contributed by atoms with E-state index in [1.165, 1.54) is 0 Å². The highest BCUT2D eigenvalue weighted by Gasteiger charge is 2.08. The fraction of sp³-hybridized carbons (Fsp3) is 0.556. The topological polar surface area (TPSA) is 55.0 Å². The lowest BCUT2D eigenvalue weighted by molar-refractivity contribution is 0.111. The van der Waals surface area contributed by atoms with Gasteiger partial charge in [-0.15, -0.1) is 0 Å². The predicted molar refractivity (Wildman–Crippen MR) is 49.1 cm³/mol. The number of aldehydes is 1. The first-order valence-corrected chi connectivity index (χ1v) is 4.48. The van der Waals surface area contributed by atoms with Crippen LogP contribution in [0.15, 0.2) is 0 Å². The molecule has 1 heterocycles. The molecule has 4 heteroatoms. The molecule has 0 aliphatic heterocycles. The van der Waals surface area contributed by atoms with Crippen LogP contribution >= 0.6 is 0 Å². The van der Waals surface area contributed by atoms with Crippen LogP contribution in [0.1, 0.15) is 36.6 Å². The number of aromatic nitrogens is 2. The Kier molecular flexibility index (Phi) is 3.49. The van der Waals surface area contributed by atoms with Gasteiger partial charge in [0.1, 0.15) is 11.5 Å². The van der Waals surface area contributed by atoms with E-state index in [-0.39, 0.29) is 0 Å². The maximum Gasteiger partial charge on any atom is 0.242 e. The first-order chi connectivity index (χ1) is 6.31. The molecule has 0 unspecified atom stereocenters. The van der Waals surface area contributed by atoms with Crippen LogP contribution in [0.2, 0.25) is 0 Å². The predicted octanol–water partition coefficient (Wildman–Crippen LogP) is 1.57. The summed E-state index contributed by atoms with van der Waals surface area (Å²) in [5.41, 5.74) is 0.435. The Morgan fingerprint density at radius 2 is 2.31 bits per heavy atom. The Hall–Kier alpha value is -1.32. The summed E-state index contributed by atoms with van der Waals surface area (Å²) in [6.07, 6.45) is 2.57. The Balaban J connectivity index is 2.83. The minimum Gasteiger partial charge on any atom is -0.476 e. The van der Waals surface area contributed by atoms with E-state index in [2.05, 4.69) is 16.9 Å². The molecule has 72 valence electrons. The van der Waals surface area contributed by atoms with Crippen molar-refractivity contribution in [1.82, 2.24) is 9.97 Å². The Morgan fingerprint density at radius 3 is 2.85 bits per heavy atom. The molecular weight excluding hydrogens is 168 g/mol. The molecular formula is C9H14N2O2. The third-order valence-electron chi connectivity index (χ3n) is 1.63. The van der Waals surface area contributed by atoms with Crippen LogP contribution in [0.25, 0.3) is 0 Å². The van der Waals surface area contributed by atoms with Gasteiger partial charge in [-0.25, -0.2) is 0 Å². The van der Waals surface area contributed by atoms with Gasteiger partial charge in [-0.2, -0.15) is 4.98 Å². The molecule has 1 N–H and O–H groups in total. The minimum absolute atomic E-state index is 0.418. The second-order valence-electron chi connectivity index (χ2n) is 2.70. The number of carbonyl (C=O) groups excluding carboxylic acids is 1. The lowest BCUT2D eigenvalue weighted by Crippen LogP contribution is -1.94. The molecule has 1 rings (SSSR count). The third kappa shape index (κ3) is 2.31. The zero-order chi connectivity index (χ0) is 9.68. The number of H-pyrrole nitrogens is 1. The second-order valence-corrected chi connectivity index (χ2v) is 2.70. The smallest absolute Gasteiger partial charge is 0.242 e. The number of rotatable bonds is 5. The number of aromatic amines is 1. The van der Waals surface area contributed by atoms with E-state index in [9.17, 15) is 4.79 Å². The summed E-state index contributed by atoms with van der Waals surface area (Å²) in [5.74, 6) is 1.23. The van der Waals surface area contributed by atoms with Crippen LogP contribution in [0.4, 0.5) is 0 Å². The number of ether oxygens (including phenoxy) is 1. The van der Waals surface area contributed by atoms with Crippen molar-refractivity contribution in [2.45, 2.75) is 26.7 Å². The van der Waals surface area contributed by atoms with E-state index in [0.717, 1.165) is 25.0 Å². The average molecular weight is 182 g/mol. The van der Waals surface area contributed by atoms with E-state index in [4.69, 9.17) is 4.74 Å². The molecule has 0 aliphatic rings. The van der Waals surface area contributed by atoms with Gasteiger partial charge in [0, 0.05) is 6.42 Å². The number of aryl methyl sites for hydroxylation is 1. The van der Waals surface area contributed by atoms with Crippen molar-refractivity contribution >= 4 is 6.29 Å².